The largest absolute Gasteiger partial charge is 0.481 e. The van der Waals surface area contributed by atoms with Crippen LogP contribution in [0.4, 0.5) is 0 Å². The summed E-state index contributed by atoms with van der Waals surface area (Å²) in [6.07, 6.45) is 14.8. The Labute approximate surface area is 147 Å². The summed E-state index contributed by atoms with van der Waals surface area (Å²) >= 11 is 12.6. The van der Waals surface area contributed by atoms with Gasteiger partial charge in [0.25, 0.3) is 0 Å². The van der Waals surface area contributed by atoms with E-state index in [1.54, 1.807) is 0 Å². The van der Waals surface area contributed by atoms with Gasteiger partial charge < -0.3 is 5.11 Å². The molecule has 0 aliphatic heterocycles. The number of carbonyl (C=O) groups is 1. The van der Waals surface area contributed by atoms with Gasteiger partial charge in [-0.2, -0.15) is 0 Å². The molecular weight excluding hydrogens is 319 g/mol. The number of halogens is 2. The normalized spacial score (nSPS) is 14.0. The van der Waals surface area contributed by atoms with Gasteiger partial charge in [-0.05, 0) is 32.1 Å². The van der Waals surface area contributed by atoms with Gasteiger partial charge in [0.1, 0.15) is 0 Å². The van der Waals surface area contributed by atoms with Crippen LogP contribution in [0.3, 0.4) is 0 Å². The molecule has 0 amide bonds. The Morgan fingerprint density at radius 2 is 1.18 bits per heavy atom. The van der Waals surface area contributed by atoms with Gasteiger partial charge >= 0.3 is 5.97 Å². The first-order valence-electron chi connectivity index (χ1n) is 9.06. The molecule has 0 aromatic carbocycles. The first-order valence-corrected chi connectivity index (χ1v) is 9.93. The van der Waals surface area contributed by atoms with E-state index >= 15 is 0 Å². The van der Waals surface area contributed by atoms with Crippen LogP contribution >= 0.6 is 23.2 Å². The highest BCUT2D eigenvalue weighted by Crippen LogP contribution is 2.20. The van der Waals surface area contributed by atoms with E-state index in [-0.39, 0.29) is 5.38 Å². The highest BCUT2D eigenvalue weighted by Gasteiger charge is 2.07. The summed E-state index contributed by atoms with van der Waals surface area (Å²) in [7, 11) is 0. The molecule has 0 aromatic rings. The van der Waals surface area contributed by atoms with Gasteiger partial charge in [0.2, 0.25) is 0 Å². The van der Waals surface area contributed by atoms with E-state index in [9.17, 15) is 4.79 Å². The number of hydrogen-bond acceptors (Lipinski definition) is 1. The Morgan fingerprint density at radius 1 is 0.773 bits per heavy atom. The molecule has 0 fully saturated rings. The topological polar surface area (TPSA) is 37.3 Å². The Bertz CT molecular complexity index is 259. The van der Waals surface area contributed by atoms with Crippen molar-refractivity contribution in [3.05, 3.63) is 0 Å². The van der Waals surface area contributed by atoms with E-state index in [4.69, 9.17) is 28.3 Å². The van der Waals surface area contributed by atoms with Crippen molar-refractivity contribution < 1.29 is 9.90 Å². The molecular formula is C18H34Cl2O2. The molecule has 0 aliphatic carbocycles. The Kier molecular flexibility index (Phi) is 16.0. The minimum absolute atomic E-state index is 0.272. The van der Waals surface area contributed by atoms with E-state index < -0.39 is 5.97 Å². The van der Waals surface area contributed by atoms with Crippen LogP contribution < -0.4 is 0 Å². The molecule has 0 saturated carbocycles. The fourth-order valence-electron chi connectivity index (χ4n) is 2.63. The maximum absolute atomic E-state index is 10.4. The summed E-state index contributed by atoms with van der Waals surface area (Å²) in [5, 5.41) is 9.16. The molecule has 0 bridgehead atoms. The van der Waals surface area contributed by atoms with Crippen LogP contribution in [0.1, 0.15) is 96.8 Å². The van der Waals surface area contributed by atoms with Crippen LogP contribution in [-0.4, -0.2) is 21.8 Å². The Hall–Kier alpha value is 0.0500. The van der Waals surface area contributed by atoms with Gasteiger partial charge in [-0.1, -0.05) is 58.3 Å². The van der Waals surface area contributed by atoms with Crippen molar-refractivity contribution in [2.24, 2.45) is 0 Å². The number of aliphatic carboxylic acids is 1. The van der Waals surface area contributed by atoms with Crippen molar-refractivity contribution in [3.8, 4) is 0 Å². The molecule has 0 spiro atoms. The van der Waals surface area contributed by atoms with Crippen molar-refractivity contribution >= 4 is 29.2 Å². The Morgan fingerprint density at radius 3 is 1.64 bits per heavy atom. The molecule has 0 heterocycles. The van der Waals surface area contributed by atoms with E-state index in [0.29, 0.717) is 11.8 Å². The monoisotopic (exact) mass is 352 g/mol. The molecule has 0 saturated heterocycles. The van der Waals surface area contributed by atoms with E-state index in [2.05, 4.69) is 6.92 Å². The first kappa shape index (κ1) is 22.1. The quantitative estimate of drug-likeness (QED) is 0.246. The molecule has 132 valence electrons. The van der Waals surface area contributed by atoms with Crippen LogP contribution in [0, 0.1) is 0 Å². The lowest BCUT2D eigenvalue weighted by Crippen LogP contribution is -2.02. The van der Waals surface area contributed by atoms with Gasteiger partial charge in [-0.15, -0.1) is 23.2 Å². The maximum Gasteiger partial charge on any atom is 0.303 e. The second-order valence-corrected chi connectivity index (χ2v) is 7.56. The van der Waals surface area contributed by atoms with Crippen LogP contribution in [-0.2, 0) is 4.79 Å². The SMILES string of the molecule is CCCCCC(Cl)CCCCC(Cl)CCCCCCC(=O)O. The summed E-state index contributed by atoms with van der Waals surface area (Å²) in [6.45, 7) is 2.22. The summed E-state index contributed by atoms with van der Waals surface area (Å²) < 4.78 is 0. The van der Waals surface area contributed by atoms with Gasteiger partial charge in [-0.25, -0.2) is 0 Å². The third kappa shape index (κ3) is 16.4. The second-order valence-electron chi connectivity index (χ2n) is 6.32. The van der Waals surface area contributed by atoms with Crippen LogP contribution in [0.5, 0.6) is 0 Å². The minimum Gasteiger partial charge on any atom is -0.481 e. The van der Waals surface area contributed by atoms with Crippen molar-refractivity contribution in [1.29, 1.82) is 0 Å². The first-order chi connectivity index (χ1) is 10.6. The van der Waals surface area contributed by atoms with E-state index in [1.807, 2.05) is 0 Å². The predicted molar refractivity (Wildman–Crippen MR) is 97.2 cm³/mol. The number of carboxylic acids is 1. The lowest BCUT2D eigenvalue weighted by atomic mass is 10.0. The average molecular weight is 353 g/mol. The predicted octanol–water partition coefficient (Wildman–Crippen LogP) is 6.77. The lowest BCUT2D eigenvalue weighted by molar-refractivity contribution is -0.137. The molecule has 0 aliphatic rings. The van der Waals surface area contributed by atoms with Gasteiger partial charge in [-0.3, -0.25) is 4.79 Å². The average Bonchev–Trinajstić information content (AvgIpc) is 2.47. The third-order valence-corrected chi connectivity index (χ3v) is 4.94. The zero-order chi connectivity index (χ0) is 16.6. The molecule has 2 nitrogen and oxygen atoms in total. The highest BCUT2D eigenvalue weighted by atomic mass is 35.5. The van der Waals surface area contributed by atoms with E-state index in [1.165, 1.54) is 32.1 Å². The highest BCUT2D eigenvalue weighted by molar-refractivity contribution is 6.20. The van der Waals surface area contributed by atoms with Crippen LogP contribution in [0.2, 0.25) is 0 Å². The number of carboxylic acid groups (broad SMARTS) is 1. The number of alkyl halides is 2. The number of rotatable bonds is 16. The molecule has 1 N–H and O–H groups in total. The molecule has 0 radical (unpaired) electrons. The molecule has 0 aromatic heterocycles. The fourth-order valence-corrected chi connectivity index (χ4v) is 3.25. The second kappa shape index (κ2) is 15.9. The number of hydrogen-bond donors (Lipinski definition) is 1. The molecule has 0 rings (SSSR count). The summed E-state index contributed by atoms with van der Waals surface area (Å²) in [5.74, 6) is -0.692. The van der Waals surface area contributed by atoms with Gasteiger partial charge in [0.15, 0.2) is 0 Å². The standard InChI is InChI=1S/C18H34Cl2O2/c1-2-3-6-11-16(19)13-9-10-14-17(20)12-7-4-5-8-15-18(21)22/h16-17H,2-15H2,1H3,(H,21,22). The van der Waals surface area contributed by atoms with Crippen LogP contribution in [0.15, 0.2) is 0 Å². The summed E-state index contributed by atoms with van der Waals surface area (Å²) in [4.78, 5) is 10.4. The number of unbranched alkanes of at least 4 members (excludes halogenated alkanes) is 6. The Balaban J connectivity index is 3.31. The van der Waals surface area contributed by atoms with Crippen molar-refractivity contribution in [3.63, 3.8) is 0 Å². The molecule has 22 heavy (non-hydrogen) atoms. The lowest BCUT2D eigenvalue weighted by Gasteiger charge is -2.11. The van der Waals surface area contributed by atoms with Crippen molar-refractivity contribution in [2.75, 3.05) is 0 Å². The van der Waals surface area contributed by atoms with Crippen molar-refractivity contribution in [1.82, 2.24) is 0 Å². The summed E-state index contributed by atoms with van der Waals surface area (Å²) in [6, 6.07) is 0. The zero-order valence-electron chi connectivity index (χ0n) is 14.2. The van der Waals surface area contributed by atoms with E-state index in [0.717, 1.165) is 51.4 Å². The van der Waals surface area contributed by atoms with Gasteiger partial charge in [0, 0.05) is 17.2 Å². The molecule has 2 unspecified atom stereocenters. The smallest absolute Gasteiger partial charge is 0.303 e. The fraction of sp³-hybridized carbons (Fsp3) is 0.944. The third-order valence-electron chi connectivity index (χ3n) is 4.06. The van der Waals surface area contributed by atoms with Crippen LogP contribution in [0.25, 0.3) is 0 Å². The summed E-state index contributed by atoms with van der Waals surface area (Å²) in [5.41, 5.74) is 0. The molecule has 4 heteroatoms. The molecule has 2 atom stereocenters. The minimum atomic E-state index is -0.692. The van der Waals surface area contributed by atoms with Crippen molar-refractivity contribution in [2.45, 2.75) is 108 Å². The zero-order valence-corrected chi connectivity index (χ0v) is 15.7. The van der Waals surface area contributed by atoms with Gasteiger partial charge in [0.05, 0.1) is 0 Å². The maximum atomic E-state index is 10.4.